The van der Waals surface area contributed by atoms with E-state index in [4.69, 9.17) is 9.47 Å². The van der Waals surface area contributed by atoms with Gasteiger partial charge in [-0.05, 0) is 63.4 Å². The lowest BCUT2D eigenvalue weighted by Crippen LogP contribution is -2.41. The standard InChI is InChI=1S/C23H30N4O5/c1-14-8-19(27(4)26-14)21(29)25-18-10-15(9-17(11-18)22(30)31-5)13-24-20(28)16-6-7-32-23(2,3)12-16/h8-11,16H,6-7,12-13H2,1-5H3,(H,24,28)(H,25,29)/t16-/m0/s1. The summed E-state index contributed by atoms with van der Waals surface area (Å²) in [6, 6.07) is 6.58. The van der Waals surface area contributed by atoms with Crippen LogP contribution >= 0.6 is 0 Å². The van der Waals surface area contributed by atoms with E-state index in [1.54, 1.807) is 38.2 Å². The molecule has 0 spiro atoms. The van der Waals surface area contributed by atoms with Gasteiger partial charge < -0.3 is 20.1 Å². The van der Waals surface area contributed by atoms with E-state index in [1.165, 1.54) is 11.8 Å². The van der Waals surface area contributed by atoms with Gasteiger partial charge in [0.25, 0.3) is 5.91 Å². The fraction of sp³-hybridized carbons (Fsp3) is 0.478. The van der Waals surface area contributed by atoms with Gasteiger partial charge in [-0.2, -0.15) is 5.10 Å². The average Bonchev–Trinajstić information content (AvgIpc) is 3.08. The highest BCUT2D eigenvalue weighted by atomic mass is 16.5. The number of hydrogen-bond donors (Lipinski definition) is 2. The van der Waals surface area contributed by atoms with Crippen LogP contribution in [0.2, 0.25) is 0 Å². The summed E-state index contributed by atoms with van der Waals surface area (Å²) in [5.41, 5.74) is 2.16. The van der Waals surface area contributed by atoms with Gasteiger partial charge in [-0.3, -0.25) is 14.3 Å². The third-order valence-corrected chi connectivity index (χ3v) is 5.44. The van der Waals surface area contributed by atoms with Gasteiger partial charge in [-0.25, -0.2) is 4.79 Å². The molecule has 32 heavy (non-hydrogen) atoms. The minimum Gasteiger partial charge on any atom is -0.465 e. The Labute approximate surface area is 187 Å². The van der Waals surface area contributed by atoms with Gasteiger partial charge in [-0.1, -0.05) is 0 Å². The number of hydrogen-bond acceptors (Lipinski definition) is 6. The quantitative estimate of drug-likeness (QED) is 0.665. The van der Waals surface area contributed by atoms with Crippen molar-refractivity contribution in [2.75, 3.05) is 19.0 Å². The van der Waals surface area contributed by atoms with Crippen LogP contribution in [0.1, 0.15) is 58.8 Å². The van der Waals surface area contributed by atoms with Gasteiger partial charge in [0.05, 0.1) is 24.0 Å². The average molecular weight is 443 g/mol. The Morgan fingerprint density at radius 2 is 2.00 bits per heavy atom. The van der Waals surface area contributed by atoms with E-state index in [1.807, 2.05) is 13.8 Å². The van der Waals surface area contributed by atoms with E-state index >= 15 is 0 Å². The van der Waals surface area contributed by atoms with Crippen molar-refractivity contribution in [3.05, 3.63) is 46.8 Å². The summed E-state index contributed by atoms with van der Waals surface area (Å²) in [4.78, 5) is 37.5. The van der Waals surface area contributed by atoms with Crippen molar-refractivity contribution in [3.8, 4) is 0 Å². The van der Waals surface area contributed by atoms with Gasteiger partial charge in [0.2, 0.25) is 5.91 Å². The predicted octanol–water partition coefficient (Wildman–Crippen LogP) is 2.59. The van der Waals surface area contributed by atoms with E-state index in [2.05, 4.69) is 15.7 Å². The number of rotatable bonds is 6. The second-order valence-corrected chi connectivity index (χ2v) is 8.67. The largest absolute Gasteiger partial charge is 0.465 e. The highest BCUT2D eigenvalue weighted by Gasteiger charge is 2.32. The molecule has 2 aromatic rings. The molecule has 0 aliphatic carbocycles. The third kappa shape index (κ3) is 5.73. The first-order valence-electron chi connectivity index (χ1n) is 10.5. The van der Waals surface area contributed by atoms with Crippen molar-refractivity contribution in [3.63, 3.8) is 0 Å². The number of amides is 2. The van der Waals surface area contributed by atoms with Crippen LogP contribution < -0.4 is 10.6 Å². The molecule has 0 radical (unpaired) electrons. The zero-order valence-electron chi connectivity index (χ0n) is 19.2. The zero-order valence-corrected chi connectivity index (χ0v) is 19.2. The van der Waals surface area contributed by atoms with Crippen molar-refractivity contribution in [1.29, 1.82) is 0 Å². The first-order chi connectivity index (χ1) is 15.1. The highest BCUT2D eigenvalue weighted by Crippen LogP contribution is 2.28. The fourth-order valence-corrected chi connectivity index (χ4v) is 3.91. The molecule has 2 amide bonds. The molecule has 0 saturated carbocycles. The molecule has 1 atom stereocenters. The molecule has 172 valence electrons. The molecule has 9 heteroatoms. The lowest BCUT2D eigenvalue weighted by molar-refractivity contribution is -0.135. The maximum Gasteiger partial charge on any atom is 0.337 e. The van der Waals surface area contributed by atoms with E-state index in [0.717, 1.165) is 5.69 Å². The number of benzene rings is 1. The second-order valence-electron chi connectivity index (χ2n) is 8.67. The molecular weight excluding hydrogens is 412 g/mol. The number of carbonyl (C=O) groups is 3. The van der Waals surface area contributed by atoms with Gasteiger partial charge in [0.15, 0.2) is 0 Å². The van der Waals surface area contributed by atoms with Gasteiger partial charge in [-0.15, -0.1) is 0 Å². The Balaban J connectivity index is 1.75. The molecule has 1 aliphatic rings. The molecule has 2 N–H and O–H groups in total. The zero-order chi connectivity index (χ0) is 23.5. The number of esters is 1. The molecule has 0 bridgehead atoms. The molecule has 1 aromatic heterocycles. The minimum atomic E-state index is -0.531. The number of nitrogens with zero attached hydrogens (tertiary/aromatic N) is 2. The number of ether oxygens (including phenoxy) is 2. The van der Waals surface area contributed by atoms with Crippen LogP contribution in [0.4, 0.5) is 5.69 Å². The normalized spacial score (nSPS) is 17.5. The Hall–Kier alpha value is -3.20. The second kappa shape index (κ2) is 9.52. The lowest BCUT2D eigenvalue weighted by atomic mass is 9.88. The fourth-order valence-electron chi connectivity index (χ4n) is 3.91. The van der Waals surface area contributed by atoms with Gasteiger partial charge in [0.1, 0.15) is 5.69 Å². The van der Waals surface area contributed by atoms with Gasteiger partial charge in [0, 0.05) is 31.8 Å². The number of carbonyl (C=O) groups excluding carboxylic acids is 3. The smallest absolute Gasteiger partial charge is 0.337 e. The number of methoxy groups -OCH3 is 1. The Morgan fingerprint density at radius 1 is 1.25 bits per heavy atom. The summed E-state index contributed by atoms with van der Waals surface area (Å²) >= 11 is 0. The number of aromatic nitrogens is 2. The van der Waals surface area contributed by atoms with Crippen molar-refractivity contribution >= 4 is 23.5 Å². The van der Waals surface area contributed by atoms with Crippen molar-refractivity contribution in [2.24, 2.45) is 13.0 Å². The van der Waals surface area contributed by atoms with Crippen LogP contribution in [-0.2, 0) is 27.9 Å². The highest BCUT2D eigenvalue weighted by molar-refractivity contribution is 6.04. The van der Waals surface area contributed by atoms with Crippen LogP contribution in [0.5, 0.6) is 0 Å². The topological polar surface area (TPSA) is 112 Å². The molecule has 1 saturated heterocycles. The van der Waals surface area contributed by atoms with E-state index < -0.39 is 5.97 Å². The molecule has 1 fully saturated rings. The number of anilines is 1. The monoisotopic (exact) mass is 442 g/mol. The van der Waals surface area contributed by atoms with Crippen molar-refractivity contribution in [1.82, 2.24) is 15.1 Å². The molecular formula is C23H30N4O5. The van der Waals surface area contributed by atoms with E-state index in [-0.39, 0.29) is 35.4 Å². The van der Waals surface area contributed by atoms with Crippen molar-refractivity contribution < 1.29 is 23.9 Å². The molecule has 9 nitrogen and oxygen atoms in total. The van der Waals surface area contributed by atoms with Crippen LogP contribution in [0.25, 0.3) is 0 Å². The molecule has 0 unspecified atom stereocenters. The first-order valence-corrected chi connectivity index (χ1v) is 10.5. The molecule has 1 aliphatic heterocycles. The summed E-state index contributed by atoms with van der Waals surface area (Å²) in [7, 11) is 2.98. The minimum absolute atomic E-state index is 0.0548. The van der Waals surface area contributed by atoms with Crippen LogP contribution in [0.3, 0.4) is 0 Å². The summed E-state index contributed by atoms with van der Waals surface area (Å²) in [6.45, 7) is 6.52. The van der Waals surface area contributed by atoms with Crippen LogP contribution in [0.15, 0.2) is 24.3 Å². The number of aryl methyl sites for hydroxylation is 2. The summed E-state index contributed by atoms with van der Waals surface area (Å²) in [5, 5.41) is 9.92. The maximum atomic E-state index is 12.7. The summed E-state index contributed by atoms with van der Waals surface area (Å²) in [5.74, 6) is -1.07. The molecule has 3 rings (SSSR count). The Kier molecular flexibility index (Phi) is 6.98. The Morgan fingerprint density at radius 3 is 2.62 bits per heavy atom. The van der Waals surface area contributed by atoms with Crippen LogP contribution in [-0.4, -0.2) is 46.9 Å². The SMILES string of the molecule is COC(=O)c1cc(CNC(=O)[C@H]2CCOC(C)(C)C2)cc(NC(=O)c2cc(C)nn2C)c1. The molecule has 1 aromatic carbocycles. The van der Waals surface area contributed by atoms with Crippen LogP contribution in [0, 0.1) is 12.8 Å². The maximum absolute atomic E-state index is 12.7. The lowest BCUT2D eigenvalue weighted by Gasteiger charge is -2.34. The Bertz CT molecular complexity index is 1030. The summed E-state index contributed by atoms with van der Waals surface area (Å²) < 4.78 is 12.0. The van der Waals surface area contributed by atoms with Crippen molar-refractivity contribution in [2.45, 2.75) is 45.8 Å². The van der Waals surface area contributed by atoms with Gasteiger partial charge >= 0.3 is 5.97 Å². The number of nitrogens with one attached hydrogen (secondary N) is 2. The van der Waals surface area contributed by atoms with E-state index in [9.17, 15) is 14.4 Å². The predicted molar refractivity (Wildman–Crippen MR) is 118 cm³/mol. The van der Waals surface area contributed by atoms with E-state index in [0.29, 0.717) is 36.4 Å². The third-order valence-electron chi connectivity index (χ3n) is 5.44. The first kappa shape index (κ1) is 23.5. The summed E-state index contributed by atoms with van der Waals surface area (Å²) in [6.07, 6.45) is 1.31. The molecule has 2 heterocycles.